The van der Waals surface area contributed by atoms with E-state index in [4.69, 9.17) is 9.47 Å². The summed E-state index contributed by atoms with van der Waals surface area (Å²) in [6.45, 7) is 11.5. The summed E-state index contributed by atoms with van der Waals surface area (Å²) in [5.74, 6) is 0.131. The minimum atomic E-state index is -0.316. The van der Waals surface area contributed by atoms with Crippen LogP contribution in [-0.4, -0.2) is 42.6 Å². The predicted octanol–water partition coefficient (Wildman–Crippen LogP) is 5.10. The van der Waals surface area contributed by atoms with Crippen molar-refractivity contribution in [3.63, 3.8) is 0 Å². The molecule has 1 aliphatic rings. The number of carbonyl (C=O) groups excluding carboxylic acids is 2. The van der Waals surface area contributed by atoms with Gasteiger partial charge in [0, 0.05) is 18.8 Å². The van der Waals surface area contributed by atoms with Gasteiger partial charge in [-0.2, -0.15) is 0 Å². The van der Waals surface area contributed by atoms with Gasteiger partial charge in [0.15, 0.2) is 0 Å². The van der Waals surface area contributed by atoms with Crippen molar-refractivity contribution in [2.75, 3.05) is 25.1 Å². The molecular formula is C27H34N2O4. The molecule has 0 saturated carbocycles. The Balaban J connectivity index is 1.90. The van der Waals surface area contributed by atoms with E-state index in [0.717, 1.165) is 29.0 Å². The lowest BCUT2D eigenvalue weighted by molar-refractivity contribution is -0.137. The highest BCUT2D eigenvalue weighted by Gasteiger charge is 2.38. The van der Waals surface area contributed by atoms with Crippen molar-refractivity contribution in [2.24, 2.45) is 0 Å². The Morgan fingerprint density at radius 2 is 1.67 bits per heavy atom. The number of carbonyl (C=O) groups is 2. The maximum atomic E-state index is 13.4. The van der Waals surface area contributed by atoms with Crippen LogP contribution >= 0.6 is 0 Å². The van der Waals surface area contributed by atoms with Crippen LogP contribution in [0, 0.1) is 13.8 Å². The number of hydrogen-bond donors (Lipinski definition) is 1. The van der Waals surface area contributed by atoms with Gasteiger partial charge in [-0.05, 0) is 81.5 Å². The number of anilines is 1. The number of imide groups is 1. The van der Waals surface area contributed by atoms with Crippen molar-refractivity contribution in [3.8, 4) is 5.75 Å². The zero-order valence-corrected chi connectivity index (χ0v) is 20.2. The number of aryl methyl sites for hydroxylation is 2. The highest BCUT2D eigenvalue weighted by molar-refractivity contribution is 6.36. The summed E-state index contributed by atoms with van der Waals surface area (Å²) in [5, 5.41) is 3.23. The lowest BCUT2D eigenvalue weighted by Crippen LogP contribution is -2.34. The van der Waals surface area contributed by atoms with Crippen LogP contribution in [0.4, 0.5) is 5.69 Å². The monoisotopic (exact) mass is 450 g/mol. The quantitative estimate of drug-likeness (QED) is 0.381. The van der Waals surface area contributed by atoms with Crippen molar-refractivity contribution in [1.82, 2.24) is 4.90 Å². The number of nitrogens with zero attached hydrogens (tertiary/aromatic N) is 1. The largest absolute Gasteiger partial charge is 0.494 e. The van der Waals surface area contributed by atoms with E-state index in [1.807, 2.05) is 77.1 Å². The molecular weight excluding hydrogens is 416 g/mol. The Hall–Kier alpha value is -3.12. The molecule has 0 aliphatic carbocycles. The SMILES string of the molecule is CCCOc1ccc(C2=C(Nc3ccc(C)c(C)c3)C(=O)N(CCCOC(C)C)C2=O)cc1. The van der Waals surface area contributed by atoms with Crippen molar-refractivity contribution < 1.29 is 19.1 Å². The van der Waals surface area contributed by atoms with Gasteiger partial charge in [-0.1, -0.05) is 25.1 Å². The highest BCUT2D eigenvalue weighted by Crippen LogP contribution is 2.32. The standard InChI is InChI=1S/C27H34N2O4/c1-6-15-33-23-12-9-21(10-13-23)24-25(28-22-11-8-19(4)20(5)17-22)27(31)29(26(24)30)14-7-16-32-18(2)3/h8-13,17-18,28H,6-7,14-16H2,1-5H3. The number of amides is 2. The second-order valence-corrected chi connectivity index (χ2v) is 8.58. The molecule has 2 aromatic carbocycles. The van der Waals surface area contributed by atoms with Crippen LogP contribution in [0.25, 0.3) is 5.57 Å². The van der Waals surface area contributed by atoms with E-state index >= 15 is 0 Å². The van der Waals surface area contributed by atoms with Crippen LogP contribution < -0.4 is 10.1 Å². The Morgan fingerprint density at radius 1 is 0.939 bits per heavy atom. The van der Waals surface area contributed by atoms with Gasteiger partial charge in [-0.25, -0.2) is 0 Å². The fourth-order valence-electron chi connectivity index (χ4n) is 3.61. The van der Waals surface area contributed by atoms with Crippen LogP contribution in [0.15, 0.2) is 48.2 Å². The first-order chi connectivity index (χ1) is 15.8. The van der Waals surface area contributed by atoms with Crippen LogP contribution in [0.1, 0.15) is 50.3 Å². The molecule has 2 aromatic rings. The van der Waals surface area contributed by atoms with E-state index in [-0.39, 0.29) is 17.9 Å². The Labute approximate surface area is 196 Å². The zero-order valence-electron chi connectivity index (χ0n) is 20.2. The first-order valence-corrected chi connectivity index (χ1v) is 11.6. The average molecular weight is 451 g/mol. The molecule has 1 aliphatic heterocycles. The number of hydrogen-bond acceptors (Lipinski definition) is 5. The molecule has 1 heterocycles. The fraction of sp³-hybridized carbons (Fsp3) is 0.407. The maximum absolute atomic E-state index is 13.4. The van der Waals surface area contributed by atoms with E-state index < -0.39 is 0 Å². The minimum absolute atomic E-state index is 0.110. The lowest BCUT2D eigenvalue weighted by atomic mass is 10.0. The summed E-state index contributed by atoms with van der Waals surface area (Å²) in [7, 11) is 0. The molecule has 0 atom stereocenters. The summed E-state index contributed by atoms with van der Waals surface area (Å²) in [6, 6.07) is 13.2. The molecule has 3 rings (SSSR count). The maximum Gasteiger partial charge on any atom is 0.278 e. The molecule has 0 radical (unpaired) electrons. The van der Waals surface area contributed by atoms with Crippen LogP contribution in [-0.2, 0) is 14.3 Å². The Morgan fingerprint density at radius 3 is 2.30 bits per heavy atom. The predicted molar refractivity (Wildman–Crippen MR) is 131 cm³/mol. The molecule has 33 heavy (non-hydrogen) atoms. The van der Waals surface area contributed by atoms with Gasteiger partial charge in [0.1, 0.15) is 11.4 Å². The van der Waals surface area contributed by atoms with Crippen LogP contribution in [0.2, 0.25) is 0 Å². The zero-order chi connectivity index (χ0) is 24.0. The smallest absolute Gasteiger partial charge is 0.278 e. The molecule has 0 saturated heterocycles. The molecule has 6 nitrogen and oxygen atoms in total. The molecule has 0 bridgehead atoms. The summed E-state index contributed by atoms with van der Waals surface area (Å²) >= 11 is 0. The van der Waals surface area contributed by atoms with Crippen molar-refractivity contribution in [1.29, 1.82) is 0 Å². The van der Waals surface area contributed by atoms with Crippen molar-refractivity contribution >= 4 is 23.1 Å². The van der Waals surface area contributed by atoms with Gasteiger partial charge in [0.25, 0.3) is 11.8 Å². The van der Waals surface area contributed by atoms with Crippen LogP contribution in [0.5, 0.6) is 5.75 Å². The fourth-order valence-corrected chi connectivity index (χ4v) is 3.61. The summed E-state index contributed by atoms with van der Waals surface area (Å²) < 4.78 is 11.2. The van der Waals surface area contributed by atoms with Gasteiger partial charge < -0.3 is 14.8 Å². The van der Waals surface area contributed by atoms with E-state index in [1.54, 1.807) is 0 Å². The summed E-state index contributed by atoms with van der Waals surface area (Å²) in [5.41, 5.74) is 4.42. The second kappa shape index (κ2) is 11.1. The minimum Gasteiger partial charge on any atom is -0.494 e. The topological polar surface area (TPSA) is 67.9 Å². The summed E-state index contributed by atoms with van der Waals surface area (Å²) in [4.78, 5) is 28.0. The molecule has 0 spiro atoms. The lowest BCUT2D eigenvalue weighted by Gasteiger charge is -2.16. The van der Waals surface area contributed by atoms with Gasteiger partial charge in [0.05, 0.1) is 18.3 Å². The van der Waals surface area contributed by atoms with E-state index in [9.17, 15) is 9.59 Å². The molecule has 6 heteroatoms. The molecule has 0 aromatic heterocycles. The first kappa shape index (κ1) is 24.5. The van der Waals surface area contributed by atoms with Crippen molar-refractivity contribution in [3.05, 3.63) is 64.9 Å². The van der Waals surface area contributed by atoms with Crippen LogP contribution in [0.3, 0.4) is 0 Å². The Bertz CT molecular complexity index is 1020. The molecule has 1 N–H and O–H groups in total. The molecule has 0 unspecified atom stereocenters. The van der Waals surface area contributed by atoms with E-state index in [0.29, 0.717) is 43.0 Å². The third-order valence-electron chi connectivity index (χ3n) is 5.54. The first-order valence-electron chi connectivity index (χ1n) is 11.6. The van der Waals surface area contributed by atoms with Gasteiger partial charge in [-0.15, -0.1) is 0 Å². The van der Waals surface area contributed by atoms with Gasteiger partial charge in [0.2, 0.25) is 0 Å². The van der Waals surface area contributed by atoms with Gasteiger partial charge in [-0.3, -0.25) is 14.5 Å². The third-order valence-corrected chi connectivity index (χ3v) is 5.54. The third kappa shape index (κ3) is 6.02. The highest BCUT2D eigenvalue weighted by atomic mass is 16.5. The number of ether oxygens (including phenoxy) is 2. The van der Waals surface area contributed by atoms with Gasteiger partial charge >= 0.3 is 0 Å². The number of nitrogens with one attached hydrogen (secondary N) is 1. The number of rotatable bonds is 11. The Kier molecular flexibility index (Phi) is 8.28. The molecule has 0 fully saturated rings. The number of benzene rings is 2. The second-order valence-electron chi connectivity index (χ2n) is 8.58. The average Bonchev–Trinajstić information content (AvgIpc) is 3.02. The molecule has 2 amide bonds. The van der Waals surface area contributed by atoms with E-state index in [2.05, 4.69) is 5.32 Å². The molecule has 176 valence electrons. The summed E-state index contributed by atoms with van der Waals surface area (Å²) in [6.07, 6.45) is 1.61. The van der Waals surface area contributed by atoms with E-state index in [1.165, 1.54) is 4.90 Å². The van der Waals surface area contributed by atoms with Crippen molar-refractivity contribution in [2.45, 2.75) is 53.6 Å². The normalized spacial score (nSPS) is 13.9.